The fraction of sp³-hybridized carbons (Fsp3) is 0.250. The second-order valence-electron chi connectivity index (χ2n) is 6.07. The lowest BCUT2D eigenvalue weighted by atomic mass is 9.99. The summed E-state index contributed by atoms with van der Waals surface area (Å²) in [6.45, 7) is 2.95. The van der Waals surface area contributed by atoms with Crippen LogP contribution in [0.4, 0.5) is 10.1 Å². The van der Waals surface area contributed by atoms with E-state index in [1.807, 2.05) is 6.92 Å². The Kier molecular flexibility index (Phi) is 4.94. The topological polar surface area (TPSA) is 41.1 Å². The SMILES string of the molecule is CC(NC(=O)/C=C/c1cccc(F)c1)c1ccc2c(c1)NCCC2. The molecule has 3 rings (SSSR count). The third-order valence-electron chi connectivity index (χ3n) is 4.21. The molecule has 0 aromatic heterocycles. The summed E-state index contributed by atoms with van der Waals surface area (Å²) in [5.41, 5.74) is 4.22. The molecule has 4 heteroatoms. The largest absolute Gasteiger partial charge is 0.385 e. The van der Waals surface area contributed by atoms with Crippen LogP contribution in [0, 0.1) is 5.82 Å². The molecular formula is C20H21FN2O. The molecule has 0 saturated heterocycles. The number of carbonyl (C=O) groups is 1. The number of rotatable bonds is 4. The van der Waals surface area contributed by atoms with Crippen LogP contribution in [0.2, 0.25) is 0 Å². The molecule has 3 nitrogen and oxygen atoms in total. The van der Waals surface area contributed by atoms with Gasteiger partial charge in [-0.1, -0.05) is 24.3 Å². The average Bonchev–Trinajstić information content (AvgIpc) is 2.59. The van der Waals surface area contributed by atoms with Gasteiger partial charge in [0.05, 0.1) is 6.04 Å². The smallest absolute Gasteiger partial charge is 0.244 e. The van der Waals surface area contributed by atoms with Crippen LogP contribution in [0.3, 0.4) is 0 Å². The minimum Gasteiger partial charge on any atom is -0.385 e. The Morgan fingerprint density at radius 1 is 1.29 bits per heavy atom. The van der Waals surface area contributed by atoms with E-state index in [9.17, 15) is 9.18 Å². The van der Waals surface area contributed by atoms with Gasteiger partial charge in [0.2, 0.25) is 5.91 Å². The maximum Gasteiger partial charge on any atom is 0.244 e. The summed E-state index contributed by atoms with van der Waals surface area (Å²) in [5.74, 6) is -0.509. The summed E-state index contributed by atoms with van der Waals surface area (Å²) in [6.07, 6.45) is 5.30. The Hall–Kier alpha value is -2.62. The quantitative estimate of drug-likeness (QED) is 0.832. The van der Waals surface area contributed by atoms with Crippen LogP contribution in [-0.2, 0) is 11.2 Å². The monoisotopic (exact) mass is 324 g/mol. The van der Waals surface area contributed by atoms with Crippen molar-refractivity contribution in [2.75, 3.05) is 11.9 Å². The molecule has 2 N–H and O–H groups in total. The molecule has 124 valence electrons. The lowest BCUT2D eigenvalue weighted by Gasteiger charge is -2.21. The van der Waals surface area contributed by atoms with E-state index in [0.29, 0.717) is 5.56 Å². The predicted molar refractivity (Wildman–Crippen MR) is 95.2 cm³/mol. The van der Waals surface area contributed by atoms with Crippen molar-refractivity contribution in [3.05, 3.63) is 71.0 Å². The van der Waals surface area contributed by atoms with E-state index in [4.69, 9.17) is 0 Å². The van der Waals surface area contributed by atoms with Gasteiger partial charge in [0.15, 0.2) is 0 Å². The molecule has 0 saturated carbocycles. The molecule has 1 atom stereocenters. The average molecular weight is 324 g/mol. The van der Waals surface area contributed by atoms with Crippen LogP contribution >= 0.6 is 0 Å². The number of aryl methyl sites for hydroxylation is 1. The molecule has 0 bridgehead atoms. The Labute approximate surface area is 141 Å². The van der Waals surface area contributed by atoms with Gasteiger partial charge in [0, 0.05) is 18.3 Å². The molecular weight excluding hydrogens is 303 g/mol. The van der Waals surface area contributed by atoms with Crippen LogP contribution in [0.1, 0.15) is 36.1 Å². The van der Waals surface area contributed by atoms with Gasteiger partial charge in [-0.2, -0.15) is 0 Å². The third kappa shape index (κ3) is 4.02. The van der Waals surface area contributed by atoms with Gasteiger partial charge in [0.25, 0.3) is 0 Å². The minimum atomic E-state index is -0.313. The minimum absolute atomic E-state index is 0.0938. The van der Waals surface area contributed by atoms with Gasteiger partial charge < -0.3 is 10.6 Å². The van der Waals surface area contributed by atoms with Crippen molar-refractivity contribution in [2.45, 2.75) is 25.8 Å². The number of hydrogen-bond acceptors (Lipinski definition) is 2. The number of amides is 1. The first-order chi connectivity index (χ1) is 11.6. The molecule has 0 fully saturated rings. The fourth-order valence-electron chi connectivity index (χ4n) is 2.87. The van der Waals surface area contributed by atoms with E-state index < -0.39 is 0 Å². The highest BCUT2D eigenvalue weighted by molar-refractivity contribution is 5.92. The van der Waals surface area contributed by atoms with Crippen LogP contribution in [0.5, 0.6) is 0 Å². The highest BCUT2D eigenvalue weighted by Gasteiger charge is 2.12. The number of halogens is 1. The zero-order valence-corrected chi connectivity index (χ0v) is 13.7. The molecule has 0 aliphatic carbocycles. The third-order valence-corrected chi connectivity index (χ3v) is 4.21. The Morgan fingerprint density at radius 3 is 3.00 bits per heavy atom. The lowest BCUT2D eigenvalue weighted by molar-refractivity contribution is -0.117. The van der Waals surface area contributed by atoms with Gasteiger partial charge in [-0.3, -0.25) is 4.79 Å². The number of fused-ring (bicyclic) bond motifs is 1. The lowest BCUT2D eigenvalue weighted by Crippen LogP contribution is -2.25. The summed E-state index contributed by atoms with van der Waals surface area (Å²) < 4.78 is 13.1. The molecule has 2 aromatic rings. The Bertz CT molecular complexity index is 770. The zero-order chi connectivity index (χ0) is 16.9. The summed E-state index contributed by atoms with van der Waals surface area (Å²) in [4.78, 5) is 12.1. The van der Waals surface area contributed by atoms with Crippen LogP contribution in [0.15, 0.2) is 48.5 Å². The molecule has 1 aliphatic heterocycles. The van der Waals surface area contributed by atoms with Crippen molar-refractivity contribution in [1.29, 1.82) is 0 Å². The van der Waals surface area contributed by atoms with Gasteiger partial charge in [-0.25, -0.2) is 4.39 Å². The molecule has 1 aliphatic rings. The van der Waals surface area contributed by atoms with Crippen LogP contribution < -0.4 is 10.6 Å². The van der Waals surface area contributed by atoms with Crippen molar-refractivity contribution in [3.8, 4) is 0 Å². The van der Waals surface area contributed by atoms with Gasteiger partial charge in [0.1, 0.15) is 5.82 Å². The van der Waals surface area contributed by atoms with E-state index in [-0.39, 0.29) is 17.8 Å². The Morgan fingerprint density at radius 2 is 2.17 bits per heavy atom. The van der Waals surface area contributed by atoms with E-state index >= 15 is 0 Å². The molecule has 1 heterocycles. The van der Waals surface area contributed by atoms with E-state index in [2.05, 4.69) is 28.8 Å². The summed E-state index contributed by atoms with van der Waals surface area (Å²) >= 11 is 0. The van der Waals surface area contributed by atoms with Crippen molar-refractivity contribution >= 4 is 17.7 Å². The number of carbonyl (C=O) groups excluding carboxylic acids is 1. The maximum atomic E-state index is 13.1. The molecule has 1 amide bonds. The van der Waals surface area contributed by atoms with Gasteiger partial charge in [-0.05, 0) is 60.7 Å². The highest BCUT2D eigenvalue weighted by atomic mass is 19.1. The molecule has 1 unspecified atom stereocenters. The normalized spacial score (nSPS) is 14.8. The van der Waals surface area contributed by atoms with Crippen LogP contribution in [-0.4, -0.2) is 12.5 Å². The predicted octanol–water partition coefficient (Wildman–Crippen LogP) is 4.07. The first kappa shape index (κ1) is 16.2. The van der Waals surface area contributed by atoms with Crippen LogP contribution in [0.25, 0.3) is 6.08 Å². The standard InChI is InChI=1S/C20H21FN2O/c1-14(17-9-8-16-5-3-11-22-19(16)13-17)23-20(24)10-7-15-4-2-6-18(21)12-15/h2,4,6-10,12-14,22H,3,5,11H2,1H3,(H,23,24)/b10-7+. The van der Waals surface area contributed by atoms with Crippen molar-refractivity contribution < 1.29 is 9.18 Å². The summed E-state index contributed by atoms with van der Waals surface area (Å²) in [6, 6.07) is 12.3. The van der Waals surface area contributed by atoms with Gasteiger partial charge >= 0.3 is 0 Å². The molecule has 0 radical (unpaired) electrons. The maximum absolute atomic E-state index is 13.1. The number of nitrogens with one attached hydrogen (secondary N) is 2. The van der Waals surface area contributed by atoms with Crippen molar-refractivity contribution in [1.82, 2.24) is 5.32 Å². The van der Waals surface area contributed by atoms with Crippen molar-refractivity contribution in [3.63, 3.8) is 0 Å². The van der Waals surface area contributed by atoms with Gasteiger partial charge in [-0.15, -0.1) is 0 Å². The van der Waals surface area contributed by atoms with Crippen molar-refractivity contribution in [2.24, 2.45) is 0 Å². The summed E-state index contributed by atoms with van der Waals surface area (Å²) in [7, 11) is 0. The number of hydrogen-bond donors (Lipinski definition) is 2. The van der Waals surface area contributed by atoms with E-state index in [1.165, 1.54) is 23.8 Å². The van der Waals surface area contributed by atoms with E-state index in [1.54, 1.807) is 18.2 Å². The first-order valence-corrected chi connectivity index (χ1v) is 8.22. The molecule has 0 spiro atoms. The summed E-state index contributed by atoms with van der Waals surface area (Å²) in [5, 5.41) is 6.34. The highest BCUT2D eigenvalue weighted by Crippen LogP contribution is 2.25. The molecule has 24 heavy (non-hydrogen) atoms. The second kappa shape index (κ2) is 7.30. The second-order valence-corrected chi connectivity index (χ2v) is 6.07. The fourth-order valence-corrected chi connectivity index (χ4v) is 2.87. The Balaban J connectivity index is 1.63. The zero-order valence-electron chi connectivity index (χ0n) is 13.7. The number of benzene rings is 2. The molecule has 2 aromatic carbocycles. The van der Waals surface area contributed by atoms with E-state index in [0.717, 1.165) is 30.6 Å². The first-order valence-electron chi connectivity index (χ1n) is 8.22. The number of anilines is 1.